The molecule has 0 fully saturated rings. The minimum atomic E-state index is -0.175. The Labute approximate surface area is 456 Å². The third-order valence-corrected chi connectivity index (χ3v) is 20.1. The van der Waals surface area contributed by atoms with Crippen LogP contribution < -0.4 is 42.6 Å². The number of benzene rings is 11. The molecule has 0 bridgehead atoms. The lowest BCUT2D eigenvalue weighted by Gasteiger charge is -2.43. The van der Waals surface area contributed by atoms with Gasteiger partial charge in [0.15, 0.2) is 0 Å². The quantitative estimate of drug-likeness (QED) is 0.161. The monoisotopic (exact) mass is 1000 g/mol. The van der Waals surface area contributed by atoms with Crippen molar-refractivity contribution in [2.24, 2.45) is 0 Å². The summed E-state index contributed by atoms with van der Waals surface area (Å²) in [7, 11) is 0. The molecular weight excluding hydrogens is 956 g/mol. The molecule has 6 aliphatic heterocycles. The van der Waals surface area contributed by atoms with Crippen molar-refractivity contribution >= 4 is 146 Å². The summed E-state index contributed by atoms with van der Waals surface area (Å²) in [5.41, 5.74) is 32.4. The van der Waals surface area contributed by atoms with Gasteiger partial charge < -0.3 is 23.5 Å². The molecule has 0 N–H and O–H groups in total. The molecule has 11 aromatic carbocycles. The van der Waals surface area contributed by atoms with Crippen LogP contribution in [0.5, 0.6) is 0 Å². The minimum absolute atomic E-state index is 0.0440. The largest absolute Gasteiger partial charge is 0.311 e. The Morgan fingerprint density at radius 2 is 0.696 bits per heavy atom. The average molecular weight is 1000 g/mol. The van der Waals surface area contributed by atoms with E-state index in [0.717, 1.165) is 0 Å². The molecule has 79 heavy (non-hydrogen) atoms. The third-order valence-electron chi connectivity index (χ3n) is 20.1. The molecule has 0 amide bonds. The Bertz CT molecular complexity index is 5160. The fourth-order valence-corrected chi connectivity index (χ4v) is 17.0. The highest BCUT2D eigenvalue weighted by atomic mass is 15.2. The Kier molecular flexibility index (Phi) is 7.19. The summed E-state index contributed by atoms with van der Waals surface area (Å²) in [6.07, 6.45) is 0. The van der Waals surface area contributed by atoms with E-state index in [-0.39, 0.29) is 24.3 Å². The van der Waals surface area contributed by atoms with Crippen molar-refractivity contribution in [3.63, 3.8) is 0 Å². The molecule has 9 heterocycles. The summed E-state index contributed by atoms with van der Waals surface area (Å²) in [4.78, 5) is 5.10. The van der Waals surface area contributed by atoms with E-state index in [1.54, 1.807) is 0 Å². The predicted octanol–water partition coefficient (Wildman–Crippen LogP) is 13.5. The molecule has 7 heteroatoms. The fourth-order valence-electron chi connectivity index (χ4n) is 17.0. The van der Waals surface area contributed by atoms with Crippen LogP contribution in [0.15, 0.2) is 212 Å². The van der Waals surface area contributed by atoms with Crippen LogP contribution in [0.1, 0.15) is 49.9 Å². The van der Waals surface area contributed by atoms with Gasteiger partial charge in [0, 0.05) is 93.7 Å². The third kappa shape index (κ3) is 4.61. The summed E-state index contributed by atoms with van der Waals surface area (Å²) < 4.78 is 8.07. The van der Waals surface area contributed by atoms with E-state index in [2.05, 4.69) is 264 Å². The summed E-state index contributed by atoms with van der Waals surface area (Å²) in [5.74, 6) is 0. The molecule has 3 aromatic heterocycles. The van der Waals surface area contributed by atoms with Crippen molar-refractivity contribution < 1.29 is 0 Å². The fraction of sp³-hybridized carbons (Fsp3) is 0.0833. The lowest BCUT2D eigenvalue weighted by atomic mass is 9.30. The summed E-state index contributed by atoms with van der Waals surface area (Å²) in [6.45, 7) is 9.52. The van der Waals surface area contributed by atoms with E-state index in [1.165, 1.54) is 172 Å². The van der Waals surface area contributed by atoms with E-state index < -0.39 is 0 Å². The van der Waals surface area contributed by atoms with Gasteiger partial charge in [0.2, 0.25) is 0 Å². The van der Waals surface area contributed by atoms with Gasteiger partial charge in [-0.2, -0.15) is 0 Å². The number of hydrogen-bond acceptors (Lipinski definition) is 2. The zero-order chi connectivity index (χ0) is 51.7. The topological polar surface area (TPSA) is 21.3 Å². The van der Waals surface area contributed by atoms with Gasteiger partial charge in [-0.1, -0.05) is 173 Å². The second-order valence-electron chi connectivity index (χ2n) is 24.3. The van der Waals surface area contributed by atoms with E-state index in [9.17, 15) is 0 Å². The standard InChI is InChI=1S/C72H47B2N5/c1-71(2)48-22-6-11-30-58(48)75(59-31-12-7-23-49(59)71)40-34-35-57-46(36-40)44-20-16-27-53-67(44)78(57)63-39-62-64-70-65(63)74(53)55-38-41(76-60-32-13-8-24-50(60)72(3,4)51-25-9-14-33-61(51)76)37-47-45-21-17-28-54(68(45)79(70)69(47)55)73(64)52-26-15-19-43-42-18-5-10-29-56(42)77(62)66(43)52/h5-39H,1-4H3. The second kappa shape index (κ2) is 13.6. The highest BCUT2D eigenvalue weighted by molar-refractivity contribution is 7.04. The Morgan fingerprint density at radius 3 is 1.25 bits per heavy atom. The highest BCUT2D eigenvalue weighted by Crippen LogP contribution is 2.55. The van der Waals surface area contributed by atoms with Crippen molar-refractivity contribution in [2.45, 2.75) is 38.5 Å². The maximum absolute atomic E-state index is 2.75. The van der Waals surface area contributed by atoms with Crippen LogP contribution >= 0.6 is 0 Å². The van der Waals surface area contributed by atoms with Gasteiger partial charge in [-0.15, -0.1) is 0 Å². The van der Waals surface area contributed by atoms with E-state index >= 15 is 0 Å². The molecule has 0 radical (unpaired) electrons. The first kappa shape index (κ1) is 41.7. The molecule has 5 nitrogen and oxygen atoms in total. The second-order valence-corrected chi connectivity index (χ2v) is 24.3. The summed E-state index contributed by atoms with van der Waals surface area (Å²) in [5, 5.41) is 7.78. The van der Waals surface area contributed by atoms with Crippen molar-refractivity contribution in [2.75, 3.05) is 9.80 Å². The number of rotatable bonds is 2. The van der Waals surface area contributed by atoms with E-state index in [1.807, 2.05) is 0 Å². The molecule has 0 unspecified atom stereocenters. The van der Waals surface area contributed by atoms with E-state index in [4.69, 9.17) is 0 Å². The number of hydrogen-bond donors (Lipinski definition) is 0. The molecule has 0 saturated heterocycles. The van der Waals surface area contributed by atoms with Crippen molar-refractivity contribution in [1.29, 1.82) is 0 Å². The first-order valence-corrected chi connectivity index (χ1v) is 28.2. The van der Waals surface area contributed by atoms with Crippen LogP contribution in [0.3, 0.4) is 0 Å². The molecule has 0 aliphatic carbocycles. The number of nitrogens with zero attached hydrogens (tertiary/aromatic N) is 5. The summed E-state index contributed by atoms with van der Waals surface area (Å²) in [6, 6.07) is 82.0. The van der Waals surface area contributed by atoms with Crippen molar-refractivity contribution in [3.05, 3.63) is 235 Å². The van der Waals surface area contributed by atoms with Crippen LogP contribution in [0.4, 0.5) is 34.1 Å². The molecule has 14 aromatic rings. The van der Waals surface area contributed by atoms with Crippen LogP contribution in [0.2, 0.25) is 0 Å². The van der Waals surface area contributed by atoms with Crippen LogP contribution in [-0.2, 0) is 10.8 Å². The van der Waals surface area contributed by atoms with Gasteiger partial charge in [-0.05, 0) is 122 Å². The van der Waals surface area contributed by atoms with E-state index in [0.29, 0.717) is 0 Å². The van der Waals surface area contributed by atoms with Gasteiger partial charge >= 0.3 is 0 Å². The highest BCUT2D eigenvalue weighted by Gasteiger charge is 2.50. The van der Waals surface area contributed by atoms with Crippen LogP contribution in [-0.4, -0.2) is 27.1 Å². The first-order valence-electron chi connectivity index (χ1n) is 28.2. The van der Waals surface area contributed by atoms with Gasteiger partial charge in [0.25, 0.3) is 13.4 Å². The molecule has 6 aliphatic rings. The zero-order valence-corrected chi connectivity index (χ0v) is 44.1. The first-order chi connectivity index (χ1) is 38.8. The number of anilines is 6. The molecule has 0 atom stereocenters. The van der Waals surface area contributed by atoms with Crippen LogP contribution in [0.25, 0.3) is 82.5 Å². The smallest absolute Gasteiger partial charge is 0.252 e. The van der Waals surface area contributed by atoms with Gasteiger partial charge in [0.1, 0.15) is 0 Å². The minimum Gasteiger partial charge on any atom is -0.311 e. The Hall–Kier alpha value is -9.45. The van der Waals surface area contributed by atoms with Crippen LogP contribution in [0, 0.1) is 0 Å². The Balaban J connectivity index is 0.941. The lowest BCUT2D eigenvalue weighted by Crippen LogP contribution is -2.66. The number of aromatic nitrogens is 3. The predicted molar refractivity (Wildman–Crippen MR) is 332 cm³/mol. The molecule has 0 spiro atoms. The maximum Gasteiger partial charge on any atom is 0.252 e. The average Bonchev–Trinajstić information content (AvgIpc) is 2.96. The molecule has 366 valence electrons. The Morgan fingerprint density at radius 1 is 0.291 bits per heavy atom. The number of fused-ring (bicyclic) bond motifs is 17. The van der Waals surface area contributed by atoms with Gasteiger partial charge in [-0.3, -0.25) is 0 Å². The molecular formula is C72H47B2N5. The lowest BCUT2D eigenvalue weighted by molar-refractivity contribution is 0.632. The number of para-hydroxylation sites is 8. The SMILES string of the molecule is CC1(C)c2ccccc2N(c2ccc3c(c2)c2cccc4c2n3-c2cc3c5c6c2B4c2cc(N4c7ccccc7C(C)(C)c7ccccc74)cc4c7cccc(c7n-6c24)B5c2cccc4c5ccccc5n-3c24)c2ccccc21. The van der Waals surface area contributed by atoms with Crippen molar-refractivity contribution in [1.82, 2.24) is 13.7 Å². The zero-order valence-electron chi connectivity index (χ0n) is 44.1. The summed E-state index contributed by atoms with van der Waals surface area (Å²) >= 11 is 0. The van der Waals surface area contributed by atoms with Gasteiger partial charge in [-0.25, -0.2) is 0 Å². The maximum atomic E-state index is 2.75. The normalized spacial score (nSPS) is 15.7. The molecule has 0 saturated carbocycles. The van der Waals surface area contributed by atoms with Crippen molar-refractivity contribution in [3.8, 4) is 17.1 Å². The van der Waals surface area contributed by atoms with Gasteiger partial charge in [0.05, 0.1) is 33.8 Å². The molecule has 20 rings (SSSR count).